The molecule has 0 saturated heterocycles. The lowest BCUT2D eigenvalue weighted by molar-refractivity contribution is -0.139. The average molecular weight is 366 g/mol. The fraction of sp³-hybridized carbons (Fsp3) is 0.545. The van der Waals surface area contributed by atoms with Gasteiger partial charge < -0.3 is 26.6 Å². The van der Waals surface area contributed by atoms with Crippen molar-refractivity contribution in [2.75, 3.05) is 12.3 Å². The maximum Gasteiger partial charge on any atom is 0.322 e. The Bertz CT molecular complexity index is 500. The minimum Gasteiger partial charge on any atom is -0.480 e. The molecule has 13 heteroatoms. The monoisotopic (exact) mass is 366 g/mol. The number of hydrogen-bond donors (Lipinski definition) is 7. The van der Waals surface area contributed by atoms with Crippen LogP contribution in [-0.2, 0) is 19.2 Å². The van der Waals surface area contributed by atoms with E-state index in [1.807, 2.05) is 5.32 Å². The molecular weight excluding hydrogens is 348 g/mol. The van der Waals surface area contributed by atoms with E-state index in [-0.39, 0.29) is 18.6 Å². The highest BCUT2D eigenvalue weighted by Gasteiger charge is 2.23. The summed E-state index contributed by atoms with van der Waals surface area (Å²) in [6.45, 7) is -0.689. The molecule has 0 aliphatic rings. The van der Waals surface area contributed by atoms with Crippen LogP contribution in [0.15, 0.2) is 0 Å². The second kappa shape index (κ2) is 11.2. The first-order chi connectivity index (χ1) is 11.2. The summed E-state index contributed by atoms with van der Waals surface area (Å²) in [7, 11) is 0. The average Bonchev–Trinajstić information content (AvgIpc) is 2.53. The lowest BCUT2D eigenvalue weighted by Gasteiger charge is -2.17. The number of nitrogens with two attached hydrogens (primary N) is 1. The van der Waals surface area contributed by atoms with E-state index in [2.05, 4.69) is 5.32 Å². The van der Waals surface area contributed by atoms with Crippen molar-refractivity contribution in [3.8, 4) is 0 Å². The van der Waals surface area contributed by atoms with Gasteiger partial charge in [-0.2, -0.15) is 0 Å². The Morgan fingerprint density at radius 2 is 1.75 bits per heavy atom. The van der Waals surface area contributed by atoms with Crippen LogP contribution < -0.4 is 21.8 Å². The molecule has 0 aliphatic carbocycles. The van der Waals surface area contributed by atoms with E-state index in [1.165, 1.54) is 5.48 Å². The summed E-state index contributed by atoms with van der Waals surface area (Å²) in [4.78, 5) is 55.5. The van der Waals surface area contributed by atoms with Gasteiger partial charge in [0, 0.05) is 12.2 Å². The minimum absolute atomic E-state index is 0.172. The number of aliphatic carboxylic acids is 2. The molecule has 0 bridgehead atoms. The van der Waals surface area contributed by atoms with Gasteiger partial charge >= 0.3 is 17.2 Å². The molecule has 0 fully saturated rings. The van der Waals surface area contributed by atoms with Crippen LogP contribution in [0.4, 0.5) is 4.79 Å². The van der Waals surface area contributed by atoms with Gasteiger partial charge in [-0.3, -0.25) is 29.2 Å². The summed E-state index contributed by atoms with van der Waals surface area (Å²) in [5, 5.41) is 28.9. The van der Waals surface area contributed by atoms with Gasteiger partial charge in [0.15, 0.2) is 0 Å². The maximum absolute atomic E-state index is 11.8. The number of thioether (sulfide) groups is 1. The highest BCUT2D eigenvalue weighted by atomic mass is 32.2. The van der Waals surface area contributed by atoms with Crippen molar-refractivity contribution < 1.29 is 39.4 Å². The zero-order chi connectivity index (χ0) is 18.7. The molecule has 2 atom stereocenters. The second-order valence-corrected chi connectivity index (χ2v) is 5.42. The molecule has 136 valence electrons. The van der Waals surface area contributed by atoms with Crippen molar-refractivity contribution in [1.29, 1.82) is 0 Å². The molecule has 0 aliphatic heterocycles. The van der Waals surface area contributed by atoms with E-state index in [1.54, 1.807) is 0 Å². The number of amides is 3. The molecule has 0 aromatic heterocycles. The molecule has 0 aromatic rings. The van der Waals surface area contributed by atoms with Gasteiger partial charge in [0.1, 0.15) is 18.6 Å². The lowest BCUT2D eigenvalue weighted by Crippen LogP contribution is -2.49. The fourth-order valence-electron chi connectivity index (χ4n) is 1.34. The maximum atomic E-state index is 11.8. The third-order valence-corrected chi connectivity index (χ3v) is 3.39. The number of carboxylic acids is 2. The van der Waals surface area contributed by atoms with Crippen LogP contribution in [0.25, 0.3) is 0 Å². The number of rotatable bonds is 10. The van der Waals surface area contributed by atoms with Crippen molar-refractivity contribution in [3.63, 3.8) is 0 Å². The molecule has 0 rings (SSSR count). The smallest absolute Gasteiger partial charge is 0.322 e. The van der Waals surface area contributed by atoms with Crippen LogP contribution >= 0.6 is 11.8 Å². The molecule has 0 radical (unpaired) electrons. The Morgan fingerprint density at radius 1 is 1.12 bits per heavy atom. The van der Waals surface area contributed by atoms with Gasteiger partial charge in [-0.15, -0.1) is 0 Å². The van der Waals surface area contributed by atoms with E-state index in [9.17, 15) is 24.0 Å². The Balaban J connectivity index is 4.63. The summed E-state index contributed by atoms with van der Waals surface area (Å²) >= 11 is 0.477. The number of hydrogen-bond acceptors (Lipinski definition) is 8. The summed E-state index contributed by atoms with van der Waals surface area (Å²) in [6, 6.07) is -2.51. The zero-order valence-electron chi connectivity index (χ0n) is 12.4. The quantitative estimate of drug-likeness (QED) is 0.162. The molecule has 24 heavy (non-hydrogen) atoms. The largest absolute Gasteiger partial charge is 0.480 e. The van der Waals surface area contributed by atoms with Crippen molar-refractivity contribution in [2.45, 2.75) is 24.9 Å². The summed E-state index contributed by atoms with van der Waals surface area (Å²) in [5.74, 6) is -4.43. The van der Waals surface area contributed by atoms with Crippen molar-refractivity contribution in [2.24, 2.45) is 5.73 Å². The van der Waals surface area contributed by atoms with E-state index >= 15 is 0 Å². The molecule has 0 saturated carbocycles. The Labute approximate surface area is 140 Å². The van der Waals surface area contributed by atoms with Crippen molar-refractivity contribution in [1.82, 2.24) is 16.1 Å². The van der Waals surface area contributed by atoms with Crippen LogP contribution in [0.3, 0.4) is 0 Å². The van der Waals surface area contributed by atoms with Gasteiger partial charge in [-0.25, -0.2) is 5.48 Å². The van der Waals surface area contributed by atoms with E-state index in [0.29, 0.717) is 11.8 Å². The molecule has 8 N–H and O–H groups in total. The molecular formula is C11H18N4O8S. The first-order valence-electron chi connectivity index (χ1n) is 6.51. The summed E-state index contributed by atoms with van der Waals surface area (Å²) in [5.41, 5.74) is 6.56. The van der Waals surface area contributed by atoms with E-state index in [0.717, 1.165) is 0 Å². The van der Waals surface area contributed by atoms with Gasteiger partial charge in [-0.05, 0) is 6.42 Å². The van der Waals surface area contributed by atoms with Crippen LogP contribution in [0.5, 0.6) is 0 Å². The summed E-state index contributed by atoms with van der Waals surface area (Å²) < 4.78 is 0. The number of hydroxylamine groups is 1. The Morgan fingerprint density at radius 3 is 2.25 bits per heavy atom. The molecule has 2 unspecified atom stereocenters. The van der Waals surface area contributed by atoms with Crippen LogP contribution in [-0.4, -0.2) is 68.8 Å². The molecule has 12 nitrogen and oxygen atoms in total. The first kappa shape index (κ1) is 21.6. The Kier molecular flexibility index (Phi) is 10.1. The fourth-order valence-corrected chi connectivity index (χ4v) is 1.95. The number of carbonyl (C=O) groups is 5. The zero-order valence-corrected chi connectivity index (χ0v) is 13.2. The molecule has 0 aromatic carbocycles. The SMILES string of the molecule is NC(CCC(=O)NC(CSC(=O)NO)C(=O)NCC(=O)O)C(=O)O. The molecule has 0 spiro atoms. The van der Waals surface area contributed by atoms with Crippen LogP contribution in [0.2, 0.25) is 0 Å². The van der Waals surface area contributed by atoms with Gasteiger partial charge in [0.05, 0.1) is 0 Å². The second-order valence-electron chi connectivity index (χ2n) is 4.43. The normalized spacial score (nSPS) is 12.6. The predicted molar refractivity (Wildman–Crippen MR) is 80.2 cm³/mol. The van der Waals surface area contributed by atoms with Gasteiger partial charge in [0.25, 0.3) is 0 Å². The topological polar surface area (TPSA) is 208 Å². The van der Waals surface area contributed by atoms with Gasteiger partial charge in [-0.1, -0.05) is 11.8 Å². The minimum atomic E-state index is -1.30. The number of nitrogens with one attached hydrogen (secondary N) is 3. The van der Waals surface area contributed by atoms with Crippen LogP contribution in [0.1, 0.15) is 12.8 Å². The highest BCUT2D eigenvalue weighted by Crippen LogP contribution is 2.05. The predicted octanol–water partition coefficient (Wildman–Crippen LogP) is -2.30. The van der Waals surface area contributed by atoms with E-state index in [4.69, 9.17) is 21.2 Å². The molecule has 3 amide bonds. The third-order valence-electron chi connectivity index (χ3n) is 2.54. The molecule has 0 heterocycles. The van der Waals surface area contributed by atoms with Crippen LogP contribution in [0, 0.1) is 0 Å². The highest BCUT2D eigenvalue weighted by molar-refractivity contribution is 8.13. The Hall–Kier alpha value is -2.38. The lowest BCUT2D eigenvalue weighted by atomic mass is 10.1. The third kappa shape index (κ3) is 9.60. The van der Waals surface area contributed by atoms with Crippen molar-refractivity contribution in [3.05, 3.63) is 0 Å². The standard InChI is InChI=1S/C11H18N4O8S/c12-5(10(20)21)1-2-7(16)14-6(4-24-11(22)15-23)9(19)13-3-8(17)18/h5-6,23H,1-4,12H2,(H,13,19)(H,14,16)(H,15,22)(H,17,18)(H,20,21). The summed E-state index contributed by atoms with van der Waals surface area (Å²) in [6.07, 6.45) is -0.456. The van der Waals surface area contributed by atoms with E-state index < -0.39 is 47.6 Å². The van der Waals surface area contributed by atoms with Gasteiger partial charge in [0.2, 0.25) is 11.8 Å². The van der Waals surface area contributed by atoms with Crippen molar-refractivity contribution >= 4 is 40.8 Å². The first-order valence-corrected chi connectivity index (χ1v) is 7.50. The number of carbonyl (C=O) groups excluding carboxylic acids is 3. The number of carboxylic acid groups (broad SMARTS) is 2.